The van der Waals surface area contributed by atoms with Crippen LogP contribution in [0.4, 0.5) is 0 Å². The fourth-order valence-corrected chi connectivity index (χ4v) is 1.36. The van der Waals surface area contributed by atoms with Crippen LogP contribution < -0.4 is 10.7 Å². The van der Waals surface area contributed by atoms with Crippen LogP contribution in [0.2, 0.25) is 0 Å². The van der Waals surface area contributed by atoms with Crippen molar-refractivity contribution in [3.05, 3.63) is 0 Å². The lowest BCUT2D eigenvalue weighted by Crippen LogP contribution is -2.48. The number of hydrogen-bond donors (Lipinski definition) is 2. The van der Waals surface area contributed by atoms with E-state index < -0.39 is 0 Å². The van der Waals surface area contributed by atoms with Crippen LogP contribution in [0, 0.1) is 5.41 Å². The highest BCUT2D eigenvalue weighted by atomic mass is 16.1. The van der Waals surface area contributed by atoms with Gasteiger partial charge in [0.1, 0.15) is 6.17 Å². The lowest BCUT2D eigenvalue weighted by Gasteiger charge is -2.23. The third kappa shape index (κ3) is 2.53. The van der Waals surface area contributed by atoms with Gasteiger partial charge >= 0.3 is 0 Å². The fraction of sp³-hybridized carbons (Fsp3) is 0.900. The van der Waals surface area contributed by atoms with Crippen molar-refractivity contribution in [2.45, 2.75) is 46.8 Å². The predicted molar refractivity (Wildman–Crippen MR) is 56.4 cm³/mol. The van der Waals surface area contributed by atoms with E-state index in [-0.39, 0.29) is 17.4 Å². The number of nitrogens with one attached hydrogen (secondary N) is 2. The average molecular weight is 199 g/mol. The van der Waals surface area contributed by atoms with E-state index in [4.69, 9.17) is 0 Å². The van der Waals surface area contributed by atoms with Crippen LogP contribution in [0.1, 0.15) is 34.6 Å². The number of Topliss-reactive ketones (excluding diaryl/α,β-unsaturated/α-hetero) is 1. The second-order valence-corrected chi connectivity index (χ2v) is 5.10. The third-order valence-corrected chi connectivity index (χ3v) is 2.39. The predicted octanol–water partition coefficient (Wildman–Crippen LogP) is 0.703. The molecule has 0 amide bonds. The summed E-state index contributed by atoms with van der Waals surface area (Å²) in [6, 6.07) is 0.403. The first-order chi connectivity index (χ1) is 6.32. The Kier molecular flexibility index (Phi) is 3.29. The highest BCUT2D eigenvalue weighted by Gasteiger charge is 2.34. The topological polar surface area (TPSA) is 44.4 Å². The molecule has 4 nitrogen and oxygen atoms in total. The molecule has 82 valence electrons. The normalized spacial score (nSPS) is 24.6. The quantitative estimate of drug-likeness (QED) is 0.687. The van der Waals surface area contributed by atoms with Gasteiger partial charge in [0.05, 0.1) is 6.67 Å². The average Bonchev–Trinajstić information content (AvgIpc) is 2.48. The smallest absolute Gasteiger partial charge is 0.170 e. The molecular formula is C10H21N3O. The monoisotopic (exact) mass is 199 g/mol. The molecule has 1 aliphatic rings. The van der Waals surface area contributed by atoms with Gasteiger partial charge in [0.25, 0.3) is 0 Å². The maximum atomic E-state index is 11.9. The van der Waals surface area contributed by atoms with E-state index in [1.807, 2.05) is 25.8 Å². The Morgan fingerprint density at radius 2 is 2.00 bits per heavy atom. The Balaban J connectivity index is 2.54. The van der Waals surface area contributed by atoms with Gasteiger partial charge in [-0.2, -0.15) is 0 Å². The van der Waals surface area contributed by atoms with Gasteiger partial charge in [-0.25, -0.2) is 10.4 Å². The molecule has 1 aliphatic heterocycles. The van der Waals surface area contributed by atoms with Crippen LogP contribution in [0.15, 0.2) is 0 Å². The minimum absolute atomic E-state index is 0.209. The first-order valence-electron chi connectivity index (χ1n) is 5.13. The summed E-state index contributed by atoms with van der Waals surface area (Å²) in [6.07, 6.45) is -0.225. The van der Waals surface area contributed by atoms with E-state index in [1.165, 1.54) is 0 Å². The van der Waals surface area contributed by atoms with E-state index in [0.29, 0.717) is 6.04 Å². The number of nitrogens with zero attached hydrogens (tertiary/aromatic N) is 1. The van der Waals surface area contributed by atoms with E-state index in [9.17, 15) is 4.79 Å². The summed E-state index contributed by atoms with van der Waals surface area (Å²) in [5, 5.41) is 5.20. The molecule has 0 spiro atoms. The molecule has 1 fully saturated rings. The molecule has 1 rings (SSSR count). The summed E-state index contributed by atoms with van der Waals surface area (Å²) in [6.45, 7) is 10.7. The van der Waals surface area contributed by atoms with Gasteiger partial charge < -0.3 is 0 Å². The van der Waals surface area contributed by atoms with Crippen molar-refractivity contribution in [1.82, 2.24) is 15.8 Å². The fourth-order valence-electron chi connectivity index (χ4n) is 1.36. The highest BCUT2D eigenvalue weighted by Crippen LogP contribution is 2.17. The van der Waals surface area contributed by atoms with E-state index in [1.54, 1.807) is 0 Å². The van der Waals surface area contributed by atoms with E-state index in [0.717, 1.165) is 6.67 Å². The number of carbonyl (C=O) groups excluding carboxylic acids is 1. The van der Waals surface area contributed by atoms with E-state index >= 15 is 0 Å². The molecule has 0 aromatic heterocycles. The molecular weight excluding hydrogens is 178 g/mol. The number of ketones is 1. The summed E-state index contributed by atoms with van der Waals surface area (Å²) in [5.74, 6) is 0.209. The molecule has 0 radical (unpaired) electrons. The molecule has 4 heteroatoms. The molecule has 0 aromatic carbocycles. The second-order valence-electron chi connectivity index (χ2n) is 5.10. The summed E-state index contributed by atoms with van der Waals surface area (Å²) in [7, 11) is 0. The zero-order valence-electron chi connectivity index (χ0n) is 9.72. The summed E-state index contributed by atoms with van der Waals surface area (Å²) in [5.41, 5.74) is 2.88. The maximum absolute atomic E-state index is 11.9. The molecule has 0 aliphatic carbocycles. The molecule has 0 saturated carbocycles. The zero-order chi connectivity index (χ0) is 10.9. The van der Waals surface area contributed by atoms with Gasteiger partial charge in [-0.1, -0.05) is 20.8 Å². The van der Waals surface area contributed by atoms with Gasteiger partial charge in [-0.15, -0.1) is 0 Å². The minimum atomic E-state index is -0.294. The number of carbonyl (C=O) groups is 1. The van der Waals surface area contributed by atoms with Crippen LogP contribution >= 0.6 is 0 Å². The van der Waals surface area contributed by atoms with Gasteiger partial charge in [-0.05, 0) is 13.8 Å². The lowest BCUT2D eigenvalue weighted by molar-refractivity contribution is -0.129. The van der Waals surface area contributed by atoms with Gasteiger partial charge in [-0.3, -0.25) is 10.1 Å². The molecule has 0 aromatic rings. The van der Waals surface area contributed by atoms with Crippen LogP contribution in [-0.4, -0.2) is 29.7 Å². The Hall–Kier alpha value is -0.450. The largest absolute Gasteiger partial charge is 0.296 e. The molecule has 1 heterocycles. The first kappa shape index (κ1) is 11.6. The van der Waals surface area contributed by atoms with Crippen LogP contribution in [0.25, 0.3) is 0 Å². The summed E-state index contributed by atoms with van der Waals surface area (Å²) >= 11 is 0. The standard InChI is InChI=1S/C10H21N3O/c1-7(2)13-6-11-9(12-13)8(14)10(3,4)5/h7,9,11-12H,6H2,1-5H3. The summed E-state index contributed by atoms with van der Waals surface area (Å²) in [4.78, 5) is 11.9. The number of hydrazine groups is 1. The number of rotatable bonds is 2. The van der Waals surface area contributed by atoms with Crippen molar-refractivity contribution < 1.29 is 4.79 Å². The van der Waals surface area contributed by atoms with Crippen molar-refractivity contribution in [1.29, 1.82) is 0 Å². The molecule has 2 N–H and O–H groups in total. The molecule has 1 unspecified atom stereocenters. The maximum Gasteiger partial charge on any atom is 0.170 e. The third-order valence-electron chi connectivity index (χ3n) is 2.39. The zero-order valence-corrected chi connectivity index (χ0v) is 9.72. The SMILES string of the molecule is CC(C)N1CNC(C(=O)C(C)(C)C)N1. The van der Waals surface area contributed by atoms with Crippen LogP contribution in [0.5, 0.6) is 0 Å². The molecule has 0 bridgehead atoms. The van der Waals surface area contributed by atoms with Crippen molar-refractivity contribution in [2.75, 3.05) is 6.67 Å². The van der Waals surface area contributed by atoms with Gasteiger partial charge in [0.15, 0.2) is 5.78 Å². The van der Waals surface area contributed by atoms with Crippen molar-refractivity contribution in [2.24, 2.45) is 5.41 Å². The van der Waals surface area contributed by atoms with Crippen molar-refractivity contribution >= 4 is 5.78 Å². The van der Waals surface area contributed by atoms with Gasteiger partial charge in [0.2, 0.25) is 0 Å². The molecule has 14 heavy (non-hydrogen) atoms. The Morgan fingerprint density at radius 1 is 1.43 bits per heavy atom. The van der Waals surface area contributed by atoms with Gasteiger partial charge in [0, 0.05) is 11.5 Å². The van der Waals surface area contributed by atoms with Crippen LogP contribution in [0.3, 0.4) is 0 Å². The second kappa shape index (κ2) is 3.96. The summed E-state index contributed by atoms with van der Waals surface area (Å²) < 4.78 is 0. The molecule has 1 saturated heterocycles. The Bertz CT molecular complexity index is 220. The van der Waals surface area contributed by atoms with E-state index in [2.05, 4.69) is 24.6 Å². The van der Waals surface area contributed by atoms with Crippen molar-refractivity contribution in [3.63, 3.8) is 0 Å². The first-order valence-corrected chi connectivity index (χ1v) is 5.13. The lowest BCUT2D eigenvalue weighted by atomic mass is 9.89. The number of hydrogen-bond acceptors (Lipinski definition) is 4. The Morgan fingerprint density at radius 3 is 2.36 bits per heavy atom. The molecule has 1 atom stereocenters. The van der Waals surface area contributed by atoms with Crippen LogP contribution in [-0.2, 0) is 4.79 Å². The Labute approximate surface area is 86.0 Å². The minimum Gasteiger partial charge on any atom is -0.296 e. The highest BCUT2D eigenvalue weighted by molar-refractivity contribution is 5.88. The van der Waals surface area contributed by atoms with Crippen molar-refractivity contribution in [3.8, 4) is 0 Å².